The third-order valence-electron chi connectivity index (χ3n) is 1.63. The average molecular weight is 256 g/mol. The van der Waals surface area contributed by atoms with Crippen LogP contribution in [-0.4, -0.2) is 12.5 Å². The molecule has 5 heteroatoms. The molecule has 0 radical (unpaired) electrons. The highest BCUT2D eigenvalue weighted by molar-refractivity contribution is 6.39. The maximum atomic E-state index is 12.0. The summed E-state index contributed by atoms with van der Waals surface area (Å²) in [5.74, 6) is -0.559. The summed E-state index contributed by atoms with van der Waals surface area (Å²) < 4.78 is 12.0. The quantitative estimate of drug-likeness (QED) is 0.804. The molecule has 0 bridgehead atoms. The second kappa shape index (κ2) is 4.96. The molecule has 0 unspecified atom stereocenters. The Balaban J connectivity index is 3.02. The topological polar surface area (TPSA) is 17.1 Å². The van der Waals surface area contributed by atoms with Crippen molar-refractivity contribution in [2.24, 2.45) is 0 Å². The van der Waals surface area contributed by atoms with Crippen LogP contribution in [0.1, 0.15) is 5.56 Å². The fourth-order valence-electron chi connectivity index (χ4n) is 0.985. The number of hydrogen-bond acceptors (Lipinski definition) is 1. The molecule has 1 rings (SSSR count). The first-order valence-corrected chi connectivity index (χ1v) is 4.89. The van der Waals surface area contributed by atoms with Gasteiger partial charge in [0.1, 0.15) is 6.67 Å². The lowest BCUT2D eigenvalue weighted by Crippen LogP contribution is -2.05. The number of halogens is 4. The van der Waals surface area contributed by atoms with Crippen LogP contribution in [0.4, 0.5) is 4.39 Å². The normalized spacial score (nSPS) is 10.3. The van der Waals surface area contributed by atoms with Crippen LogP contribution in [0.5, 0.6) is 0 Å². The van der Waals surface area contributed by atoms with Crippen molar-refractivity contribution in [2.75, 3.05) is 6.67 Å². The lowest BCUT2D eigenvalue weighted by molar-refractivity contribution is -0.119. The van der Waals surface area contributed by atoms with Crippen LogP contribution >= 0.6 is 34.8 Å². The van der Waals surface area contributed by atoms with Crippen LogP contribution in [0.3, 0.4) is 0 Å². The molecule has 1 aromatic rings. The van der Waals surface area contributed by atoms with E-state index in [1.54, 1.807) is 0 Å². The average Bonchev–Trinajstić information content (AvgIpc) is 2.10. The summed E-state index contributed by atoms with van der Waals surface area (Å²) >= 11 is 17.2. The minimum atomic E-state index is -1.02. The Labute approximate surface area is 95.8 Å². The van der Waals surface area contributed by atoms with Crippen LogP contribution < -0.4 is 0 Å². The molecule has 1 aromatic carbocycles. The van der Waals surface area contributed by atoms with Gasteiger partial charge in [0.15, 0.2) is 5.78 Å². The van der Waals surface area contributed by atoms with Gasteiger partial charge < -0.3 is 0 Å². The highest BCUT2D eigenvalue weighted by Crippen LogP contribution is 2.29. The van der Waals surface area contributed by atoms with Gasteiger partial charge in [-0.15, -0.1) is 0 Å². The predicted octanol–water partition coefficient (Wildman–Crippen LogP) is 3.73. The van der Waals surface area contributed by atoms with E-state index in [1.165, 1.54) is 12.1 Å². The van der Waals surface area contributed by atoms with Crippen molar-refractivity contribution in [2.45, 2.75) is 6.42 Å². The van der Waals surface area contributed by atoms with E-state index in [0.29, 0.717) is 10.6 Å². The van der Waals surface area contributed by atoms with E-state index < -0.39 is 12.5 Å². The number of carbonyl (C=O) groups is 1. The molecule has 0 heterocycles. The third kappa shape index (κ3) is 2.84. The first-order valence-electron chi connectivity index (χ1n) is 3.75. The third-order valence-corrected chi connectivity index (χ3v) is 2.52. The van der Waals surface area contributed by atoms with Gasteiger partial charge in [-0.25, -0.2) is 4.39 Å². The number of ketones is 1. The number of benzene rings is 1. The zero-order chi connectivity index (χ0) is 10.7. The molecule has 1 nitrogen and oxygen atoms in total. The molecule has 0 amide bonds. The molecular weight excluding hydrogens is 249 g/mol. The molecule has 0 saturated carbocycles. The minimum absolute atomic E-state index is 0.106. The van der Waals surface area contributed by atoms with E-state index in [-0.39, 0.29) is 16.5 Å². The maximum absolute atomic E-state index is 12.0. The minimum Gasteiger partial charge on any atom is -0.296 e. The Bertz CT molecular complexity index is 342. The summed E-state index contributed by atoms with van der Waals surface area (Å²) in [6.07, 6.45) is -0.106. The van der Waals surface area contributed by atoms with Gasteiger partial charge in [-0.1, -0.05) is 34.8 Å². The Morgan fingerprint density at radius 1 is 1.21 bits per heavy atom. The van der Waals surface area contributed by atoms with Crippen LogP contribution in [0.2, 0.25) is 15.1 Å². The molecule has 0 fully saturated rings. The molecule has 0 saturated heterocycles. The van der Waals surface area contributed by atoms with Gasteiger partial charge in [0.2, 0.25) is 0 Å². The highest BCUT2D eigenvalue weighted by Gasteiger charge is 2.11. The van der Waals surface area contributed by atoms with E-state index in [1.807, 2.05) is 0 Å². The molecule has 0 aromatic heterocycles. The first kappa shape index (κ1) is 11.8. The van der Waals surface area contributed by atoms with Crippen molar-refractivity contribution in [1.29, 1.82) is 0 Å². The van der Waals surface area contributed by atoms with Crippen molar-refractivity contribution in [3.05, 3.63) is 32.8 Å². The second-order valence-electron chi connectivity index (χ2n) is 2.70. The van der Waals surface area contributed by atoms with Gasteiger partial charge in [0, 0.05) is 21.5 Å². The molecule has 0 aliphatic carbocycles. The fourth-order valence-corrected chi connectivity index (χ4v) is 1.94. The second-order valence-corrected chi connectivity index (χ2v) is 3.95. The number of hydrogen-bond donors (Lipinski definition) is 0. The summed E-state index contributed by atoms with van der Waals surface area (Å²) in [6, 6.07) is 2.94. The van der Waals surface area contributed by atoms with E-state index in [2.05, 4.69) is 0 Å². The first-order chi connectivity index (χ1) is 6.54. The van der Waals surface area contributed by atoms with E-state index in [0.717, 1.165) is 0 Å². The fraction of sp³-hybridized carbons (Fsp3) is 0.222. The molecule has 0 N–H and O–H groups in total. The van der Waals surface area contributed by atoms with E-state index in [9.17, 15) is 9.18 Å². The molecule has 0 atom stereocenters. The van der Waals surface area contributed by atoms with Crippen molar-refractivity contribution in [3.63, 3.8) is 0 Å². The monoisotopic (exact) mass is 254 g/mol. The predicted molar refractivity (Wildman–Crippen MR) is 56.2 cm³/mol. The molecule has 14 heavy (non-hydrogen) atoms. The molecule has 0 aliphatic heterocycles. The van der Waals surface area contributed by atoms with Crippen molar-refractivity contribution >= 4 is 40.6 Å². The highest BCUT2D eigenvalue weighted by atomic mass is 35.5. The Hall–Kier alpha value is -0.310. The Kier molecular flexibility index (Phi) is 4.17. The standard InChI is InChI=1S/C9H6Cl3FO/c10-5-1-8(11)7(9(12)2-5)3-6(14)4-13/h1-2H,3-4H2. The largest absolute Gasteiger partial charge is 0.296 e. The van der Waals surface area contributed by atoms with Crippen molar-refractivity contribution < 1.29 is 9.18 Å². The van der Waals surface area contributed by atoms with Crippen LogP contribution in [-0.2, 0) is 11.2 Å². The number of rotatable bonds is 3. The van der Waals surface area contributed by atoms with E-state index >= 15 is 0 Å². The molecule has 0 spiro atoms. The number of alkyl halides is 1. The summed E-state index contributed by atoms with van der Waals surface area (Å²) in [4.78, 5) is 10.8. The van der Waals surface area contributed by atoms with Crippen molar-refractivity contribution in [1.82, 2.24) is 0 Å². The summed E-state index contributed by atoms with van der Waals surface area (Å²) in [5, 5.41) is 0.949. The Morgan fingerprint density at radius 2 is 1.71 bits per heavy atom. The van der Waals surface area contributed by atoms with Gasteiger partial charge >= 0.3 is 0 Å². The molecule has 76 valence electrons. The smallest absolute Gasteiger partial charge is 0.168 e. The van der Waals surface area contributed by atoms with Crippen LogP contribution in [0.15, 0.2) is 12.1 Å². The zero-order valence-corrected chi connectivity index (χ0v) is 9.26. The lowest BCUT2D eigenvalue weighted by atomic mass is 10.1. The molecule has 0 aliphatic rings. The van der Waals surface area contributed by atoms with Crippen molar-refractivity contribution in [3.8, 4) is 0 Å². The van der Waals surface area contributed by atoms with Gasteiger partial charge in [0.25, 0.3) is 0 Å². The molecular formula is C9H6Cl3FO. The Morgan fingerprint density at radius 3 is 2.14 bits per heavy atom. The van der Waals surface area contributed by atoms with Gasteiger partial charge in [-0.2, -0.15) is 0 Å². The number of Topliss-reactive ketones (excluding diaryl/α,β-unsaturated/α-hetero) is 1. The van der Waals surface area contributed by atoms with Gasteiger partial charge in [-0.3, -0.25) is 4.79 Å². The van der Waals surface area contributed by atoms with Crippen LogP contribution in [0, 0.1) is 0 Å². The number of carbonyl (C=O) groups excluding carboxylic acids is 1. The summed E-state index contributed by atoms with van der Waals surface area (Å²) in [5.41, 5.74) is 0.417. The lowest BCUT2D eigenvalue weighted by Gasteiger charge is -2.05. The maximum Gasteiger partial charge on any atom is 0.168 e. The summed E-state index contributed by atoms with van der Waals surface area (Å²) in [7, 11) is 0. The van der Waals surface area contributed by atoms with E-state index in [4.69, 9.17) is 34.8 Å². The summed E-state index contributed by atoms with van der Waals surface area (Å²) in [6.45, 7) is -1.02. The van der Waals surface area contributed by atoms with Gasteiger partial charge in [-0.05, 0) is 17.7 Å². The zero-order valence-electron chi connectivity index (χ0n) is 6.99. The van der Waals surface area contributed by atoms with Gasteiger partial charge in [0.05, 0.1) is 0 Å². The van der Waals surface area contributed by atoms with Crippen LogP contribution in [0.25, 0.3) is 0 Å². The SMILES string of the molecule is O=C(CF)Cc1c(Cl)cc(Cl)cc1Cl.